The molecular formula is C13H18. The Bertz CT molecular complexity index is 286. The van der Waals surface area contributed by atoms with E-state index in [2.05, 4.69) is 58.0 Å². The number of rotatable bonds is 2. The molecule has 70 valence electrons. The highest BCUT2D eigenvalue weighted by Gasteiger charge is 2.00. The van der Waals surface area contributed by atoms with E-state index in [1.807, 2.05) is 0 Å². The van der Waals surface area contributed by atoms with E-state index in [-0.39, 0.29) is 0 Å². The van der Waals surface area contributed by atoms with Crippen molar-refractivity contribution in [3.63, 3.8) is 0 Å². The maximum Gasteiger partial charge on any atom is -0.000797 e. The van der Waals surface area contributed by atoms with Gasteiger partial charge in [0.25, 0.3) is 0 Å². The minimum absolute atomic E-state index is 0.533. The zero-order chi connectivity index (χ0) is 9.84. The molecule has 1 atom stereocenters. The molecular weight excluding hydrogens is 156 g/mol. The van der Waals surface area contributed by atoms with Crippen LogP contribution in [0.1, 0.15) is 37.8 Å². The third-order valence-corrected chi connectivity index (χ3v) is 2.19. The lowest BCUT2D eigenvalue weighted by Crippen LogP contribution is -1.89. The molecule has 0 nitrogen and oxygen atoms in total. The van der Waals surface area contributed by atoms with E-state index in [0.29, 0.717) is 5.92 Å². The zero-order valence-electron chi connectivity index (χ0n) is 8.96. The average Bonchev–Trinajstić information content (AvgIpc) is 2.04. The van der Waals surface area contributed by atoms with Gasteiger partial charge in [0.15, 0.2) is 0 Å². The molecule has 0 amide bonds. The van der Waals surface area contributed by atoms with Crippen LogP contribution in [0.25, 0.3) is 0 Å². The highest BCUT2D eigenvalue weighted by atomic mass is 14.0. The predicted molar refractivity (Wildman–Crippen MR) is 59.0 cm³/mol. The van der Waals surface area contributed by atoms with Crippen molar-refractivity contribution >= 4 is 0 Å². The molecule has 0 heteroatoms. The first kappa shape index (κ1) is 10.0. The van der Waals surface area contributed by atoms with Crippen molar-refractivity contribution in [3.05, 3.63) is 47.0 Å². The quantitative estimate of drug-likeness (QED) is 0.593. The smallest absolute Gasteiger partial charge is 0.000797 e. The van der Waals surface area contributed by atoms with Crippen LogP contribution in [-0.2, 0) is 0 Å². The molecule has 0 aliphatic rings. The van der Waals surface area contributed by atoms with E-state index in [1.165, 1.54) is 16.7 Å². The van der Waals surface area contributed by atoms with Crippen molar-refractivity contribution in [2.24, 2.45) is 0 Å². The number of hydrogen-bond donors (Lipinski definition) is 0. The molecule has 0 heterocycles. The molecule has 1 aromatic rings. The van der Waals surface area contributed by atoms with Crippen LogP contribution in [0, 0.1) is 6.92 Å². The Morgan fingerprint density at radius 1 is 1.15 bits per heavy atom. The number of hydrogen-bond acceptors (Lipinski definition) is 0. The van der Waals surface area contributed by atoms with Gasteiger partial charge in [-0.05, 0) is 32.3 Å². The van der Waals surface area contributed by atoms with Crippen LogP contribution in [0.15, 0.2) is 35.9 Å². The van der Waals surface area contributed by atoms with Gasteiger partial charge in [-0.15, -0.1) is 0 Å². The second-order valence-corrected chi connectivity index (χ2v) is 3.94. The lowest BCUT2D eigenvalue weighted by Gasteiger charge is -2.07. The molecule has 0 radical (unpaired) electrons. The van der Waals surface area contributed by atoms with E-state index in [9.17, 15) is 0 Å². The normalized spacial score (nSPS) is 12.3. The van der Waals surface area contributed by atoms with Gasteiger partial charge in [0, 0.05) is 0 Å². The van der Waals surface area contributed by atoms with Gasteiger partial charge in [0.1, 0.15) is 0 Å². The Balaban J connectivity index is 2.83. The predicted octanol–water partition coefficient (Wildman–Crippen LogP) is 4.06. The van der Waals surface area contributed by atoms with Crippen molar-refractivity contribution in [3.8, 4) is 0 Å². The summed E-state index contributed by atoms with van der Waals surface area (Å²) in [5.74, 6) is 0.533. The molecule has 1 rings (SSSR count). The molecule has 0 aliphatic heterocycles. The maximum absolute atomic E-state index is 2.30. The van der Waals surface area contributed by atoms with Crippen LogP contribution in [0.5, 0.6) is 0 Å². The fourth-order valence-corrected chi connectivity index (χ4v) is 1.47. The molecule has 0 saturated heterocycles. The SMILES string of the molecule is CC(C)=CC(C)c1ccc(C)cc1. The van der Waals surface area contributed by atoms with E-state index in [1.54, 1.807) is 0 Å². The number of allylic oxidation sites excluding steroid dienone is 2. The summed E-state index contributed by atoms with van der Waals surface area (Å²) in [6, 6.07) is 8.76. The minimum atomic E-state index is 0.533. The van der Waals surface area contributed by atoms with Gasteiger partial charge in [-0.3, -0.25) is 0 Å². The van der Waals surface area contributed by atoms with Gasteiger partial charge >= 0.3 is 0 Å². The van der Waals surface area contributed by atoms with Crippen LogP contribution in [-0.4, -0.2) is 0 Å². The molecule has 0 N–H and O–H groups in total. The largest absolute Gasteiger partial charge is 0.0798 e. The summed E-state index contributed by atoms with van der Waals surface area (Å²) in [6.07, 6.45) is 2.30. The summed E-state index contributed by atoms with van der Waals surface area (Å²) < 4.78 is 0. The van der Waals surface area contributed by atoms with E-state index >= 15 is 0 Å². The molecule has 0 spiro atoms. The van der Waals surface area contributed by atoms with Crippen molar-refractivity contribution in [1.82, 2.24) is 0 Å². The Morgan fingerprint density at radius 2 is 1.69 bits per heavy atom. The molecule has 0 aliphatic carbocycles. The van der Waals surface area contributed by atoms with E-state index in [0.717, 1.165) is 0 Å². The van der Waals surface area contributed by atoms with Crippen LogP contribution in [0.4, 0.5) is 0 Å². The van der Waals surface area contributed by atoms with Gasteiger partial charge < -0.3 is 0 Å². The lowest BCUT2D eigenvalue weighted by atomic mass is 9.98. The van der Waals surface area contributed by atoms with Crippen LogP contribution in [0.2, 0.25) is 0 Å². The van der Waals surface area contributed by atoms with E-state index < -0.39 is 0 Å². The monoisotopic (exact) mass is 174 g/mol. The summed E-state index contributed by atoms with van der Waals surface area (Å²) in [7, 11) is 0. The highest BCUT2D eigenvalue weighted by molar-refractivity contribution is 5.27. The minimum Gasteiger partial charge on any atom is -0.0798 e. The average molecular weight is 174 g/mol. The van der Waals surface area contributed by atoms with Crippen molar-refractivity contribution in [2.45, 2.75) is 33.6 Å². The van der Waals surface area contributed by atoms with Crippen LogP contribution in [0.3, 0.4) is 0 Å². The third kappa shape index (κ3) is 3.06. The highest BCUT2D eigenvalue weighted by Crippen LogP contribution is 2.18. The van der Waals surface area contributed by atoms with E-state index in [4.69, 9.17) is 0 Å². The van der Waals surface area contributed by atoms with Crippen molar-refractivity contribution in [2.75, 3.05) is 0 Å². The molecule has 13 heavy (non-hydrogen) atoms. The first-order valence-corrected chi connectivity index (χ1v) is 4.81. The Morgan fingerprint density at radius 3 is 2.15 bits per heavy atom. The Hall–Kier alpha value is -1.04. The summed E-state index contributed by atoms with van der Waals surface area (Å²) in [4.78, 5) is 0. The number of aryl methyl sites for hydroxylation is 1. The first-order valence-electron chi connectivity index (χ1n) is 4.81. The summed E-state index contributed by atoms with van der Waals surface area (Å²) >= 11 is 0. The summed E-state index contributed by atoms with van der Waals surface area (Å²) in [5.41, 5.74) is 4.10. The standard InChI is InChI=1S/C13H18/c1-10(2)9-12(4)13-7-5-11(3)6-8-13/h5-9,12H,1-4H3. The van der Waals surface area contributed by atoms with Gasteiger partial charge in [-0.1, -0.05) is 48.4 Å². The second kappa shape index (κ2) is 4.27. The van der Waals surface area contributed by atoms with Crippen molar-refractivity contribution < 1.29 is 0 Å². The topological polar surface area (TPSA) is 0 Å². The van der Waals surface area contributed by atoms with Gasteiger partial charge in [-0.25, -0.2) is 0 Å². The van der Waals surface area contributed by atoms with Crippen LogP contribution < -0.4 is 0 Å². The van der Waals surface area contributed by atoms with Gasteiger partial charge in [-0.2, -0.15) is 0 Å². The summed E-state index contributed by atoms with van der Waals surface area (Å²) in [6.45, 7) is 8.64. The maximum atomic E-state index is 2.30. The fraction of sp³-hybridized carbons (Fsp3) is 0.385. The number of benzene rings is 1. The molecule has 0 saturated carbocycles. The van der Waals surface area contributed by atoms with Crippen molar-refractivity contribution in [1.29, 1.82) is 0 Å². The second-order valence-electron chi connectivity index (χ2n) is 3.94. The van der Waals surface area contributed by atoms with Crippen LogP contribution >= 0.6 is 0 Å². The Kier molecular flexibility index (Phi) is 3.30. The summed E-state index contributed by atoms with van der Waals surface area (Å²) in [5, 5.41) is 0. The zero-order valence-corrected chi connectivity index (χ0v) is 8.96. The molecule has 1 unspecified atom stereocenters. The molecule has 0 bridgehead atoms. The third-order valence-electron chi connectivity index (χ3n) is 2.19. The van der Waals surface area contributed by atoms with Gasteiger partial charge in [0.05, 0.1) is 0 Å². The fourth-order valence-electron chi connectivity index (χ4n) is 1.47. The first-order chi connectivity index (χ1) is 6.09. The molecule has 0 fully saturated rings. The Labute approximate surface area is 81.3 Å². The molecule has 0 aromatic heterocycles. The molecule has 1 aromatic carbocycles. The lowest BCUT2D eigenvalue weighted by molar-refractivity contribution is 0.951. The van der Waals surface area contributed by atoms with Gasteiger partial charge in [0.2, 0.25) is 0 Å².